The van der Waals surface area contributed by atoms with Gasteiger partial charge in [-0.1, -0.05) is 12.8 Å². The normalized spacial score (nSPS) is 39.8. The maximum atomic E-state index is 6.14. The van der Waals surface area contributed by atoms with E-state index < -0.39 is 0 Å². The third-order valence-corrected chi connectivity index (χ3v) is 5.12. The summed E-state index contributed by atoms with van der Waals surface area (Å²) in [7, 11) is 0. The molecule has 0 radical (unpaired) electrons. The summed E-state index contributed by atoms with van der Waals surface area (Å²) >= 11 is 0. The predicted molar refractivity (Wildman–Crippen MR) is 75.1 cm³/mol. The first kappa shape index (κ1) is 13.8. The summed E-state index contributed by atoms with van der Waals surface area (Å²) in [6.45, 7) is 5.79. The monoisotopic (exact) mass is 268 g/mol. The average molecular weight is 268 g/mol. The van der Waals surface area contributed by atoms with E-state index in [0.717, 1.165) is 19.7 Å². The van der Waals surface area contributed by atoms with E-state index in [1.165, 1.54) is 38.5 Å². The van der Waals surface area contributed by atoms with Gasteiger partial charge in [0.05, 0.1) is 17.8 Å². The van der Waals surface area contributed by atoms with Crippen LogP contribution in [0.3, 0.4) is 0 Å². The molecule has 0 amide bonds. The average Bonchev–Trinajstić information content (AvgIpc) is 2.86. The molecule has 2 N–H and O–H groups in total. The van der Waals surface area contributed by atoms with Crippen molar-refractivity contribution in [3.05, 3.63) is 0 Å². The van der Waals surface area contributed by atoms with Crippen LogP contribution >= 0.6 is 0 Å². The first-order valence-electron chi connectivity index (χ1n) is 7.94. The lowest BCUT2D eigenvalue weighted by molar-refractivity contribution is -0.133. The summed E-state index contributed by atoms with van der Waals surface area (Å²) in [5.74, 6) is 0. The summed E-state index contributed by atoms with van der Waals surface area (Å²) in [4.78, 5) is 2.62. The Morgan fingerprint density at radius 2 is 2.05 bits per heavy atom. The van der Waals surface area contributed by atoms with Crippen molar-refractivity contribution in [2.75, 3.05) is 26.2 Å². The number of nitrogens with two attached hydrogens (primary N) is 1. The number of rotatable bonds is 2. The molecule has 0 bridgehead atoms. The molecular weight excluding hydrogens is 240 g/mol. The fraction of sp³-hybridized carbons (Fsp3) is 1.00. The van der Waals surface area contributed by atoms with Crippen molar-refractivity contribution >= 4 is 0 Å². The minimum atomic E-state index is 0.211. The molecule has 2 heterocycles. The molecule has 19 heavy (non-hydrogen) atoms. The van der Waals surface area contributed by atoms with Crippen molar-refractivity contribution in [1.29, 1.82) is 0 Å². The van der Waals surface area contributed by atoms with Gasteiger partial charge < -0.3 is 15.2 Å². The molecule has 0 aromatic carbocycles. The maximum Gasteiger partial charge on any atom is 0.0828 e. The predicted octanol–water partition coefficient (Wildman–Crippen LogP) is 1.53. The highest BCUT2D eigenvalue weighted by Gasteiger charge is 2.42. The number of morpholine rings is 1. The van der Waals surface area contributed by atoms with Crippen LogP contribution in [0.4, 0.5) is 0 Å². The maximum absolute atomic E-state index is 6.14. The first-order chi connectivity index (χ1) is 9.21. The zero-order valence-electron chi connectivity index (χ0n) is 12.1. The van der Waals surface area contributed by atoms with Crippen LogP contribution in [-0.4, -0.2) is 55.0 Å². The van der Waals surface area contributed by atoms with E-state index in [-0.39, 0.29) is 11.7 Å². The van der Waals surface area contributed by atoms with Gasteiger partial charge in [0.15, 0.2) is 0 Å². The standard InChI is InChI=1S/C15H28N2O2/c1-12-10-17(11-14(9-16)19-12)13-4-7-18-15(8-13)5-2-3-6-15/h12-14H,2-11,16H2,1H3. The smallest absolute Gasteiger partial charge is 0.0828 e. The van der Waals surface area contributed by atoms with Gasteiger partial charge in [0.2, 0.25) is 0 Å². The van der Waals surface area contributed by atoms with Crippen molar-refractivity contribution in [1.82, 2.24) is 4.90 Å². The number of ether oxygens (including phenoxy) is 2. The second-order valence-corrected chi connectivity index (χ2v) is 6.64. The van der Waals surface area contributed by atoms with Gasteiger partial charge in [-0.25, -0.2) is 0 Å². The van der Waals surface area contributed by atoms with Gasteiger partial charge in [-0.15, -0.1) is 0 Å². The van der Waals surface area contributed by atoms with Crippen LogP contribution in [0, 0.1) is 0 Å². The SMILES string of the molecule is CC1CN(C2CCOC3(CCCC3)C2)CC(CN)O1. The van der Waals surface area contributed by atoms with E-state index in [2.05, 4.69) is 11.8 Å². The highest BCUT2D eigenvalue weighted by atomic mass is 16.5. The lowest BCUT2D eigenvalue weighted by Crippen LogP contribution is -2.56. The van der Waals surface area contributed by atoms with Gasteiger partial charge in [-0.05, 0) is 32.6 Å². The third kappa shape index (κ3) is 2.97. The molecule has 3 fully saturated rings. The summed E-state index contributed by atoms with van der Waals surface area (Å²) in [6.07, 6.45) is 8.14. The van der Waals surface area contributed by atoms with Crippen molar-refractivity contribution in [3.63, 3.8) is 0 Å². The number of hydrogen-bond donors (Lipinski definition) is 1. The quantitative estimate of drug-likeness (QED) is 0.825. The fourth-order valence-corrected chi connectivity index (χ4v) is 4.19. The molecule has 110 valence electrons. The van der Waals surface area contributed by atoms with Crippen LogP contribution in [0.1, 0.15) is 45.4 Å². The zero-order chi connectivity index (χ0) is 13.3. The van der Waals surface area contributed by atoms with Crippen molar-refractivity contribution in [3.8, 4) is 0 Å². The molecule has 1 spiro atoms. The van der Waals surface area contributed by atoms with Crippen LogP contribution in [0.5, 0.6) is 0 Å². The summed E-state index contributed by atoms with van der Waals surface area (Å²) < 4.78 is 12.0. The molecule has 2 saturated heterocycles. The van der Waals surface area contributed by atoms with Crippen LogP contribution in [0.25, 0.3) is 0 Å². The van der Waals surface area contributed by atoms with E-state index in [1.807, 2.05) is 0 Å². The Labute approximate surface area is 116 Å². The van der Waals surface area contributed by atoms with E-state index in [0.29, 0.717) is 18.7 Å². The van der Waals surface area contributed by atoms with Gasteiger partial charge in [-0.2, -0.15) is 0 Å². The minimum Gasteiger partial charge on any atom is -0.375 e. The second kappa shape index (κ2) is 5.68. The molecule has 1 aliphatic carbocycles. The molecule has 0 aromatic rings. The third-order valence-electron chi connectivity index (χ3n) is 5.12. The molecular formula is C15H28N2O2. The molecule has 2 aliphatic heterocycles. The zero-order valence-corrected chi connectivity index (χ0v) is 12.1. The van der Waals surface area contributed by atoms with Gasteiger partial charge in [-0.3, -0.25) is 4.90 Å². The first-order valence-corrected chi connectivity index (χ1v) is 7.94. The largest absolute Gasteiger partial charge is 0.375 e. The van der Waals surface area contributed by atoms with Crippen LogP contribution in [0.2, 0.25) is 0 Å². The molecule has 1 saturated carbocycles. The van der Waals surface area contributed by atoms with Crippen LogP contribution in [-0.2, 0) is 9.47 Å². The number of hydrogen-bond acceptors (Lipinski definition) is 4. The molecule has 3 aliphatic rings. The Morgan fingerprint density at radius 1 is 1.26 bits per heavy atom. The molecule has 0 aromatic heterocycles. The van der Waals surface area contributed by atoms with Crippen molar-refractivity contribution < 1.29 is 9.47 Å². The molecule has 4 heteroatoms. The highest BCUT2D eigenvalue weighted by Crippen LogP contribution is 2.41. The van der Waals surface area contributed by atoms with E-state index in [9.17, 15) is 0 Å². The number of nitrogens with zero attached hydrogens (tertiary/aromatic N) is 1. The summed E-state index contributed by atoms with van der Waals surface area (Å²) in [5, 5.41) is 0. The molecule has 4 nitrogen and oxygen atoms in total. The highest BCUT2D eigenvalue weighted by molar-refractivity contribution is 4.95. The lowest BCUT2D eigenvalue weighted by Gasteiger charge is -2.46. The fourth-order valence-electron chi connectivity index (χ4n) is 4.19. The lowest BCUT2D eigenvalue weighted by atomic mass is 9.87. The topological polar surface area (TPSA) is 47.7 Å². The van der Waals surface area contributed by atoms with Crippen LogP contribution < -0.4 is 5.73 Å². The Hall–Kier alpha value is -0.160. The van der Waals surface area contributed by atoms with Crippen LogP contribution in [0.15, 0.2) is 0 Å². The second-order valence-electron chi connectivity index (χ2n) is 6.64. The molecule has 3 atom stereocenters. The van der Waals surface area contributed by atoms with Gasteiger partial charge >= 0.3 is 0 Å². The van der Waals surface area contributed by atoms with Gasteiger partial charge in [0.1, 0.15) is 0 Å². The van der Waals surface area contributed by atoms with Crippen molar-refractivity contribution in [2.24, 2.45) is 5.73 Å². The molecule has 3 unspecified atom stereocenters. The summed E-state index contributed by atoms with van der Waals surface area (Å²) in [5.41, 5.74) is 6.01. The van der Waals surface area contributed by atoms with Crippen molar-refractivity contribution in [2.45, 2.75) is 69.3 Å². The van der Waals surface area contributed by atoms with E-state index in [1.54, 1.807) is 0 Å². The Kier molecular flexibility index (Phi) is 4.13. The van der Waals surface area contributed by atoms with Gasteiger partial charge in [0.25, 0.3) is 0 Å². The minimum absolute atomic E-state index is 0.211. The van der Waals surface area contributed by atoms with Gasteiger partial charge in [0, 0.05) is 32.3 Å². The Balaban J connectivity index is 1.64. The Morgan fingerprint density at radius 3 is 2.79 bits per heavy atom. The van der Waals surface area contributed by atoms with E-state index in [4.69, 9.17) is 15.2 Å². The Bertz CT molecular complexity index is 305. The summed E-state index contributed by atoms with van der Waals surface area (Å²) in [6, 6.07) is 0.673. The van der Waals surface area contributed by atoms with E-state index >= 15 is 0 Å². The molecule has 3 rings (SSSR count).